The minimum Gasteiger partial charge on any atom is -0.324 e. The van der Waals surface area contributed by atoms with Gasteiger partial charge in [0.05, 0.1) is 16.7 Å². The van der Waals surface area contributed by atoms with Crippen LogP contribution in [-0.2, 0) is 22.8 Å². The molecular weight excluding hydrogens is 477 g/mol. The summed E-state index contributed by atoms with van der Waals surface area (Å²) < 4.78 is 67.9. The number of hydrogen-bond acceptors (Lipinski definition) is 3. The van der Waals surface area contributed by atoms with E-state index in [1.54, 1.807) is 25.1 Å². The van der Waals surface area contributed by atoms with Crippen molar-refractivity contribution in [2.24, 2.45) is 0 Å². The zero-order valence-electron chi connectivity index (χ0n) is 18.8. The van der Waals surface area contributed by atoms with Crippen LogP contribution in [0.3, 0.4) is 0 Å². The Morgan fingerprint density at radius 3 is 2.25 bits per heavy atom. The van der Waals surface area contributed by atoms with Gasteiger partial charge in [-0.2, -0.15) is 13.2 Å². The lowest BCUT2D eigenvalue weighted by atomic mass is 9.76. The van der Waals surface area contributed by atoms with Gasteiger partial charge in [0.2, 0.25) is 5.91 Å². The maximum absolute atomic E-state index is 13.9. The molecule has 0 saturated carbocycles. The first kappa shape index (κ1) is 23.6. The highest BCUT2D eigenvalue weighted by molar-refractivity contribution is 6.10. The second kappa shape index (κ2) is 8.51. The minimum atomic E-state index is -4.53. The summed E-state index contributed by atoms with van der Waals surface area (Å²) in [5, 5.41) is 2.86. The molecule has 2 heterocycles. The highest BCUT2D eigenvalue weighted by Gasteiger charge is 2.44. The number of halogens is 5. The smallest absolute Gasteiger partial charge is 0.324 e. The number of nitrogens with zero attached hydrogens (tertiary/aromatic N) is 2. The van der Waals surface area contributed by atoms with Crippen LogP contribution >= 0.6 is 0 Å². The fourth-order valence-corrected chi connectivity index (χ4v) is 4.59. The second-order valence-corrected chi connectivity index (χ2v) is 8.89. The monoisotopic (exact) mass is 495 g/mol. The molecule has 1 amide bonds. The number of hydrogen-bond donors (Lipinski definition) is 1. The van der Waals surface area contributed by atoms with E-state index < -0.39 is 34.7 Å². The van der Waals surface area contributed by atoms with E-state index in [-0.39, 0.29) is 12.0 Å². The number of amides is 1. The fourth-order valence-electron chi connectivity index (χ4n) is 4.59. The quantitative estimate of drug-likeness (QED) is 0.326. The Morgan fingerprint density at radius 1 is 0.889 bits per heavy atom. The standard InChI is InChI=1S/C27H18F5N3O/c1-26(11-15-5-20(28)10-21(29)6-15)23-9-17(16-3-2-4-19(7-16)27(30,31)32)8-22(24(23)35-25(26)36)18-12-33-14-34-13-18/h2-10,12-14H,11H2,1H3,(H,35,36). The topological polar surface area (TPSA) is 54.9 Å². The first-order chi connectivity index (χ1) is 17.0. The number of rotatable bonds is 4. The third-order valence-electron chi connectivity index (χ3n) is 6.35. The lowest BCUT2D eigenvalue weighted by Crippen LogP contribution is -2.33. The Kier molecular flexibility index (Phi) is 5.58. The molecule has 36 heavy (non-hydrogen) atoms. The number of carbonyl (C=O) groups excluding carboxylic acids is 1. The SMILES string of the molecule is CC1(Cc2cc(F)cc(F)c2)C(=O)Nc2c(-c3cncnc3)cc(-c3cccc(C(F)(F)F)c3)cc21. The molecule has 5 rings (SSSR count). The molecule has 9 heteroatoms. The molecule has 1 aliphatic heterocycles. The van der Waals surface area contributed by atoms with Crippen molar-refractivity contribution in [3.63, 3.8) is 0 Å². The average molecular weight is 495 g/mol. The molecule has 1 aromatic heterocycles. The maximum atomic E-state index is 13.9. The predicted molar refractivity (Wildman–Crippen MR) is 124 cm³/mol. The minimum absolute atomic E-state index is 0.0305. The van der Waals surface area contributed by atoms with Gasteiger partial charge in [0, 0.05) is 29.6 Å². The van der Waals surface area contributed by atoms with Crippen molar-refractivity contribution in [2.45, 2.75) is 24.9 Å². The highest BCUT2D eigenvalue weighted by atomic mass is 19.4. The molecule has 4 nitrogen and oxygen atoms in total. The number of aromatic nitrogens is 2. The predicted octanol–water partition coefficient (Wildman–Crippen LogP) is 6.56. The van der Waals surface area contributed by atoms with E-state index in [4.69, 9.17) is 0 Å². The summed E-state index contributed by atoms with van der Waals surface area (Å²) in [7, 11) is 0. The summed E-state index contributed by atoms with van der Waals surface area (Å²) in [4.78, 5) is 21.3. The van der Waals surface area contributed by atoms with Gasteiger partial charge in [-0.3, -0.25) is 4.79 Å². The number of alkyl halides is 3. The van der Waals surface area contributed by atoms with E-state index in [0.29, 0.717) is 33.5 Å². The molecule has 0 saturated heterocycles. The van der Waals surface area contributed by atoms with Gasteiger partial charge in [0.1, 0.15) is 18.0 Å². The van der Waals surface area contributed by atoms with Crippen LogP contribution in [0.5, 0.6) is 0 Å². The van der Waals surface area contributed by atoms with E-state index in [9.17, 15) is 26.7 Å². The number of nitrogens with one attached hydrogen (secondary N) is 1. The molecular formula is C27H18F5N3O. The highest BCUT2D eigenvalue weighted by Crippen LogP contribution is 2.47. The summed E-state index contributed by atoms with van der Waals surface area (Å²) in [6.07, 6.45) is -0.167. The van der Waals surface area contributed by atoms with E-state index in [1.165, 1.54) is 24.8 Å². The van der Waals surface area contributed by atoms with E-state index in [2.05, 4.69) is 15.3 Å². The van der Waals surface area contributed by atoms with Crippen LogP contribution in [0, 0.1) is 11.6 Å². The third kappa shape index (κ3) is 4.21. The summed E-state index contributed by atoms with van der Waals surface area (Å²) in [5.74, 6) is -1.94. The molecule has 1 N–H and O–H groups in total. The summed E-state index contributed by atoms with van der Waals surface area (Å²) >= 11 is 0. The Balaban J connectivity index is 1.72. The molecule has 182 valence electrons. The van der Waals surface area contributed by atoms with Gasteiger partial charge in [-0.15, -0.1) is 0 Å². The number of benzene rings is 3. The van der Waals surface area contributed by atoms with Gasteiger partial charge in [0.15, 0.2) is 0 Å². The molecule has 0 aliphatic carbocycles. The Labute approximate surface area is 202 Å². The van der Waals surface area contributed by atoms with Gasteiger partial charge in [-0.25, -0.2) is 18.7 Å². The molecule has 1 aliphatic rings. The zero-order valence-corrected chi connectivity index (χ0v) is 18.8. The van der Waals surface area contributed by atoms with Crippen molar-refractivity contribution in [3.8, 4) is 22.3 Å². The summed E-state index contributed by atoms with van der Waals surface area (Å²) in [6.45, 7) is 1.64. The van der Waals surface area contributed by atoms with Crippen LogP contribution in [0.2, 0.25) is 0 Å². The van der Waals surface area contributed by atoms with Gasteiger partial charge < -0.3 is 5.32 Å². The average Bonchev–Trinajstić information content (AvgIpc) is 3.07. The lowest BCUT2D eigenvalue weighted by molar-refractivity contribution is -0.137. The van der Waals surface area contributed by atoms with Gasteiger partial charge in [-0.05, 0) is 72.0 Å². The normalized spacial score (nSPS) is 17.1. The van der Waals surface area contributed by atoms with Gasteiger partial charge in [0.25, 0.3) is 0 Å². The molecule has 0 bridgehead atoms. The van der Waals surface area contributed by atoms with Crippen molar-refractivity contribution < 1.29 is 26.7 Å². The van der Waals surface area contributed by atoms with E-state index in [0.717, 1.165) is 30.3 Å². The van der Waals surface area contributed by atoms with Gasteiger partial charge in [-0.1, -0.05) is 12.1 Å². The van der Waals surface area contributed by atoms with Crippen molar-refractivity contribution in [1.82, 2.24) is 9.97 Å². The molecule has 1 atom stereocenters. The number of anilines is 1. The van der Waals surface area contributed by atoms with E-state index >= 15 is 0 Å². The zero-order chi connectivity index (χ0) is 25.7. The van der Waals surface area contributed by atoms with Crippen molar-refractivity contribution in [1.29, 1.82) is 0 Å². The van der Waals surface area contributed by atoms with Crippen LogP contribution < -0.4 is 5.32 Å². The first-order valence-corrected chi connectivity index (χ1v) is 10.9. The second-order valence-electron chi connectivity index (χ2n) is 8.89. The van der Waals surface area contributed by atoms with Crippen LogP contribution in [0.1, 0.15) is 23.6 Å². The van der Waals surface area contributed by atoms with Gasteiger partial charge >= 0.3 is 6.18 Å². The Bertz CT molecular complexity index is 1470. The van der Waals surface area contributed by atoms with Crippen molar-refractivity contribution >= 4 is 11.6 Å². The van der Waals surface area contributed by atoms with Crippen LogP contribution in [0.25, 0.3) is 22.3 Å². The largest absolute Gasteiger partial charge is 0.416 e. The fraction of sp³-hybridized carbons (Fsp3) is 0.148. The molecule has 1 unspecified atom stereocenters. The Hall–Kier alpha value is -4.14. The van der Waals surface area contributed by atoms with Crippen LogP contribution in [-0.4, -0.2) is 15.9 Å². The Morgan fingerprint density at radius 2 is 1.58 bits per heavy atom. The van der Waals surface area contributed by atoms with Crippen molar-refractivity contribution in [2.75, 3.05) is 5.32 Å². The maximum Gasteiger partial charge on any atom is 0.416 e. The first-order valence-electron chi connectivity index (χ1n) is 10.9. The third-order valence-corrected chi connectivity index (χ3v) is 6.35. The molecule has 0 fully saturated rings. The van der Waals surface area contributed by atoms with Crippen molar-refractivity contribution in [3.05, 3.63) is 102 Å². The molecule has 3 aromatic carbocycles. The van der Waals surface area contributed by atoms with Crippen LogP contribution in [0.15, 0.2) is 73.3 Å². The van der Waals surface area contributed by atoms with Crippen LogP contribution in [0.4, 0.5) is 27.6 Å². The summed E-state index contributed by atoms with van der Waals surface area (Å²) in [6, 6.07) is 11.2. The number of fused-ring (bicyclic) bond motifs is 1. The summed E-state index contributed by atoms with van der Waals surface area (Å²) in [5.41, 5.74) is 0.945. The van der Waals surface area contributed by atoms with E-state index in [1.807, 2.05) is 0 Å². The molecule has 4 aromatic rings. The lowest BCUT2D eigenvalue weighted by Gasteiger charge is -2.23. The number of carbonyl (C=O) groups is 1. The molecule has 0 spiro atoms. The molecule has 0 radical (unpaired) electrons.